The van der Waals surface area contributed by atoms with Crippen molar-refractivity contribution in [1.29, 1.82) is 0 Å². The van der Waals surface area contributed by atoms with Gasteiger partial charge in [-0.1, -0.05) is 11.2 Å². The van der Waals surface area contributed by atoms with Gasteiger partial charge in [-0.25, -0.2) is 4.57 Å². The van der Waals surface area contributed by atoms with Crippen molar-refractivity contribution in [1.82, 2.24) is 4.57 Å². The summed E-state index contributed by atoms with van der Waals surface area (Å²) in [4.78, 5) is 0. The smallest absolute Gasteiger partial charge is 0.308 e. The van der Waals surface area contributed by atoms with Gasteiger partial charge >= 0.3 is 5.82 Å². The summed E-state index contributed by atoms with van der Waals surface area (Å²) in [5.74, 6) is 1.55. The molecule has 0 aliphatic carbocycles. The molecule has 0 fully saturated rings. The normalized spacial score (nSPS) is 10.9. The lowest BCUT2D eigenvalue weighted by atomic mass is 10.3. The van der Waals surface area contributed by atoms with Crippen molar-refractivity contribution in [2.45, 2.75) is 0 Å². The first kappa shape index (κ1) is 11.2. The molecule has 1 aromatic heterocycles. The van der Waals surface area contributed by atoms with E-state index in [1.165, 1.54) is 6.21 Å². The van der Waals surface area contributed by atoms with Crippen molar-refractivity contribution in [3.8, 4) is 11.4 Å². The molecule has 88 valence electrons. The quantitative estimate of drug-likeness (QED) is 0.373. The number of nitrogens with zero attached hydrogens (tertiary/aromatic N) is 3. The third-order valence-electron chi connectivity index (χ3n) is 2.55. The molecule has 0 unspecified atom stereocenters. The molecule has 0 saturated heterocycles. The Balaban J connectivity index is 2.52. The Hall–Kier alpha value is -2.30. The predicted octanol–water partition coefficient (Wildman–Crippen LogP) is 1.12. The van der Waals surface area contributed by atoms with Gasteiger partial charge in [0.2, 0.25) is 0 Å². The number of hydrogen-bond donors (Lipinski definition) is 1. The lowest BCUT2D eigenvalue weighted by Crippen LogP contribution is -2.31. The minimum absolute atomic E-state index is 0.765. The molecule has 0 bridgehead atoms. The van der Waals surface area contributed by atoms with E-state index in [1.54, 1.807) is 7.11 Å². The number of oxime groups is 1. The van der Waals surface area contributed by atoms with Crippen LogP contribution in [0.4, 0.5) is 0 Å². The van der Waals surface area contributed by atoms with Gasteiger partial charge in [-0.2, -0.15) is 4.57 Å². The average molecular weight is 232 g/mol. The van der Waals surface area contributed by atoms with Gasteiger partial charge < -0.3 is 9.94 Å². The number of aromatic nitrogens is 2. The molecule has 2 aromatic rings. The van der Waals surface area contributed by atoms with E-state index < -0.39 is 0 Å². The molecule has 0 radical (unpaired) electrons. The van der Waals surface area contributed by atoms with E-state index in [2.05, 4.69) is 5.16 Å². The Morgan fingerprint density at radius 3 is 3.00 bits per heavy atom. The summed E-state index contributed by atoms with van der Waals surface area (Å²) in [6.07, 6.45) is 5.17. The van der Waals surface area contributed by atoms with E-state index >= 15 is 0 Å². The van der Waals surface area contributed by atoms with E-state index in [1.807, 2.05) is 52.8 Å². The van der Waals surface area contributed by atoms with Crippen molar-refractivity contribution in [2.75, 3.05) is 7.11 Å². The molecule has 0 spiro atoms. The first-order valence-corrected chi connectivity index (χ1v) is 5.15. The maximum atomic E-state index is 8.65. The van der Waals surface area contributed by atoms with Crippen LogP contribution in [0, 0.1) is 0 Å². The molecule has 0 aliphatic rings. The van der Waals surface area contributed by atoms with Crippen molar-refractivity contribution in [3.63, 3.8) is 0 Å². The lowest BCUT2D eigenvalue weighted by molar-refractivity contribution is -0.671. The van der Waals surface area contributed by atoms with Gasteiger partial charge in [0.15, 0.2) is 6.21 Å². The molecule has 2 rings (SSSR count). The van der Waals surface area contributed by atoms with Gasteiger partial charge in [-0.15, -0.1) is 0 Å². The highest BCUT2D eigenvalue weighted by molar-refractivity contribution is 5.73. The lowest BCUT2D eigenvalue weighted by Gasteiger charge is -2.02. The van der Waals surface area contributed by atoms with Crippen LogP contribution in [0.2, 0.25) is 0 Å². The van der Waals surface area contributed by atoms with Crippen molar-refractivity contribution in [3.05, 3.63) is 42.5 Å². The second-order valence-electron chi connectivity index (χ2n) is 3.58. The van der Waals surface area contributed by atoms with Crippen LogP contribution >= 0.6 is 0 Å². The number of rotatable bonds is 3. The van der Waals surface area contributed by atoms with Gasteiger partial charge in [0.05, 0.1) is 14.2 Å². The van der Waals surface area contributed by atoms with Gasteiger partial charge in [-0.3, -0.25) is 0 Å². The maximum Gasteiger partial charge on any atom is 0.308 e. The molecule has 5 heteroatoms. The summed E-state index contributed by atoms with van der Waals surface area (Å²) in [7, 11) is 3.51. The fourth-order valence-electron chi connectivity index (χ4n) is 1.67. The molecular formula is C12H14N3O2+. The van der Waals surface area contributed by atoms with Crippen molar-refractivity contribution >= 4 is 6.21 Å². The number of imidazole rings is 1. The molecule has 0 atom stereocenters. The highest BCUT2D eigenvalue weighted by Gasteiger charge is 2.14. The maximum absolute atomic E-state index is 8.65. The zero-order valence-corrected chi connectivity index (χ0v) is 9.74. The SMILES string of the molecule is COc1cccc(-n2cc[n+](C)c2/C=N\O)c1. The van der Waals surface area contributed by atoms with Gasteiger partial charge in [0, 0.05) is 6.07 Å². The molecule has 0 aliphatic heterocycles. The monoisotopic (exact) mass is 232 g/mol. The number of benzene rings is 1. The zero-order valence-electron chi connectivity index (χ0n) is 9.74. The first-order chi connectivity index (χ1) is 8.26. The number of methoxy groups -OCH3 is 1. The van der Waals surface area contributed by atoms with Gasteiger partial charge in [0.1, 0.15) is 23.8 Å². The standard InChI is InChI=1S/C12H13N3O2/c1-14-6-7-15(12(14)9-13-16)10-4-3-5-11(8-10)17-2/h3-9H,1-2H3/p+1. The third kappa shape index (κ3) is 2.13. The van der Waals surface area contributed by atoms with Crippen molar-refractivity contribution in [2.24, 2.45) is 12.2 Å². The molecular weight excluding hydrogens is 218 g/mol. The fourth-order valence-corrected chi connectivity index (χ4v) is 1.67. The topological polar surface area (TPSA) is 50.6 Å². The van der Waals surface area contributed by atoms with Crippen LogP contribution in [0.3, 0.4) is 0 Å². The Kier molecular flexibility index (Phi) is 3.09. The third-order valence-corrected chi connectivity index (χ3v) is 2.55. The molecule has 1 heterocycles. The van der Waals surface area contributed by atoms with E-state index in [9.17, 15) is 0 Å². The second-order valence-corrected chi connectivity index (χ2v) is 3.58. The van der Waals surface area contributed by atoms with E-state index in [-0.39, 0.29) is 0 Å². The predicted molar refractivity (Wildman–Crippen MR) is 62.9 cm³/mol. The number of aryl methyl sites for hydroxylation is 1. The zero-order chi connectivity index (χ0) is 12.3. The van der Waals surface area contributed by atoms with Crippen LogP contribution in [-0.2, 0) is 7.05 Å². The second kappa shape index (κ2) is 4.69. The molecule has 5 nitrogen and oxygen atoms in total. The van der Waals surface area contributed by atoms with Crippen LogP contribution in [-0.4, -0.2) is 23.1 Å². The highest BCUT2D eigenvalue weighted by atomic mass is 16.5. The van der Waals surface area contributed by atoms with E-state index in [0.29, 0.717) is 0 Å². The van der Waals surface area contributed by atoms with Crippen molar-refractivity contribution < 1.29 is 14.5 Å². The summed E-state index contributed by atoms with van der Waals surface area (Å²) in [5, 5.41) is 11.7. The molecule has 0 saturated carbocycles. The summed E-state index contributed by atoms with van der Waals surface area (Å²) in [6, 6.07) is 7.66. The Morgan fingerprint density at radius 2 is 2.29 bits per heavy atom. The molecule has 1 N–H and O–H groups in total. The Bertz CT molecular complexity index is 546. The average Bonchev–Trinajstić information content (AvgIpc) is 2.72. The molecule has 0 amide bonds. The largest absolute Gasteiger partial charge is 0.497 e. The van der Waals surface area contributed by atoms with E-state index in [0.717, 1.165) is 17.3 Å². The Morgan fingerprint density at radius 1 is 1.47 bits per heavy atom. The van der Waals surface area contributed by atoms with Crippen LogP contribution in [0.15, 0.2) is 41.8 Å². The van der Waals surface area contributed by atoms with Crippen LogP contribution in [0.25, 0.3) is 5.69 Å². The van der Waals surface area contributed by atoms with Gasteiger partial charge in [0.25, 0.3) is 0 Å². The molecule has 17 heavy (non-hydrogen) atoms. The number of hydrogen-bond acceptors (Lipinski definition) is 3. The molecule has 1 aromatic carbocycles. The highest BCUT2D eigenvalue weighted by Crippen LogP contribution is 2.16. The minimum atomic E-state index is 0.765. The minimum Gasteiger partial charge on any atom is -0.497 e. The summed E-state index contributed by atoms with van der Waals surface area (Å²) in [5.41, 5.74) is 0.944. The fraction of sp³-hybridized carbons (Fsp3) is 0.167. The van der Waals surface area contributed by atoms with Gasteiger partial charge in [-0.05, 0) is 12.1 Å². The first-order valence-electron chi connectivity index (χ1n) is 5.15. The van der Waals surface area contributed by atoms with Crippen LogP contribution in [0.1, 0.15) is 5.82 Å². The Labute approximate surface area is 99.2 Å². The number of ether oxygens (including phenoxy) is 1. The summed E-state index contributed by atoms with van der Waals surface area (Å²) in [6.45, 7) is 0. The van der Waals surface area contributed by atoms with Crippen LogP contribution < -0.4 is 9.30 Å². The summed E-state index contributed by atoms with van der Waals surface area (Å²) < 4.78 is 8.95. The van der Waals surface area contributed by atoms with Crippen LogP contribution in [0.5, 0.6) is 5.75 Å². The van der Waals surface area contributed by atoms with E-state index in [4.69, 9.17) is 9.94 Å². The summed E-state index contributed by atoms with van der Waals surface area (Å²) >= 11 is 0.